The Morgan fingerprint density at radius 2 is 2.05 bits per heavy atom. The molecule has 1 aromatic rings. The Bertz CT molecular complexity index is 464. The van der Waals surface area contributed by atoms with Crippen LogP contribution >= 0.6 is 0 Å². The van der Waals surface area contributed by atoms with Crippen LogP contribution in [0.3, 0.4) is 0 Å². The summed E-state index contributed by atoms with van der Waals surface area (Å²) in [5.74, 6) is 0.486. The number of hydrogen-bond donors (Lipinski definition) is 1. The van der Waals surface area contributed by atoms with Crippen LogP contribution < -0.4 is 4.90 Å². The molecule has 0 spiro atoms. The zero-order valence-corrected chi connectivity index (χ0v) is 12.8. The third-order valence-electron chi connectivity index (χ3n) is 3.10. The van der Waals surface area contributed by atoms with Crippen LogP contribution in [0.5, 0.6) is 0 Å². The molecule has 20 heavy (non-hydrogen) atoms. The maximum absolute atomic E-state index is 9.94. The number of benzene rings is 1. The summed E-state index contributed by atoms with van der Waals surface area (Å²) < 4.78 is 5.16. The van der Waals surface area contributed by atoms with Crippen LogP contribution in [0.2, 0.25) is 0 Å². The zero-order valence-electron chi connectivity index (χ0n) is 12.8. The lowest BCUT2D eigenvalue weighted by molar-refractivity contribution is 0.197. The molecule has 1 rings (SSSR count). The molecule has 0 bridgehead atoms. The van der Waals surface area contributed by atoms with Crippen molar-refractivity contribution in [3.05, 3.63) is 29.3 Å². The van der Waals surface area contributed by atoms with Gasteiger partial charge in [0.1, 0.15) is 0 Å². The van der Waals surface area contributed by atoms with E-state index in [1.165, 1.54) is 0 Å². The predicted octanol–water partition coefficient (Wildman–Crippen LogP) is 2.72. The van der Waals surface area contributed by atoms with Crippen molar-refractivity contribution >= 4 is 5.69 Å². The number of nitriles is 1. The van der Waals surface area contributed by atoms with E-state index < -0.39 is 6.10 Å². The van der Waals surface area contributed by atoms with Crippen LogP contribution in [0.1, 0.15) is 38.0 Å². The van der Waals surface area contributed by atoms with Gasteiger partial charge in [-0.05, 0) is 25.0 Å². The van der Waals surface area contributed by atoms with Gasteiger partial charge in [0.25, 0.3) is 0 Å². The van der Waals surface area contributed by atoms with Gasteiger partial charge in [0.2, 0.25) is 0 Å². The van der Waals surface area contributed by atoms with E-state index in [0.717, 1.165) is 24.3 Å². The Labute approximate surface area is 121 Å². The molecule has 1 unspecified atom stereocenters. The first kappa shape index (κ1) is 16.5. The number of aliphatic hydroxyl groups is 1. The summed E-state index contributed by atoms with van der Waals surface area (Å²) in [6.45, 7) is 8.25. The van der Waals surface area contributed by atoms with E-state index in [-0.39, 0.29) is 0 Å². The molecule has 1 N–H and O–H groups in total. The van der Waals surface area contributed by atoms with Gasteiger partial charge in [-0.3, -0.25) is 0 Å². The SMILES string of the molecule is COCCN(CC(C)C)c1cc(C#N)ccc1C(C)O. The molecular formula is C16H24N2O2. The Morgan fingerprint density at radius 3 is 2.55 bits per heavy atom. The van der Waals surface area contributed by atoms with Gasteiger partial charge in [0.15, 0.2) is 0 Å². The van der Waals surface area contributed by atoms with Gasteiger partial charge >= 0.3 is 0 Å². The summed E-state index contributed by atoms with van der Waals surface area (Å²) in [5, 5.41) is 19.0. The summed E-state index contributed by atoms with van der Waals surface area (Å²) in [4.78, 5) is 2.18. The smallest absolute Gasteiger partial charge is 0.0992 e. The Hall–Kier alpha value is -1.57. The Balaban J connectivity index is 3.17. The van der Waals surface area contributed by atoms with Gasteiger partial charge in [0.05, 0.1) is 24.3 Å². The third-order valence-corrected chi connectivity index (χ3v) is 3.10. The molecule has 0 heterocycles. The molecule has 0 aromatic heterocycles. The van der Waals surface area contributed by atoms with Gasteiger partial charge in [-0.15, -0.1) is 0 Å². The van der Waals surface area contributed by atoms with Crippen molar-refractivity contribution in [2.75, 3.05) is 31.7 Å². The minimum absolute atomic E-state index is 0.486. The van der Waals surface area contributed by atoms with Crippen molar-refractivity contribution in [2.24, 2.45) is 5.92 Å². The third kappa shape index (κ3) is 4.52. The largest absolute Gasteiger partial charge is 0.389 e. The van der Waals surface area contributed by atoms with Crippen LogP contribution in [0.4, 0.5) is 5.69 Å². The summed E-state index contributed by atoms with van der Waals surface area (Å²) in [6, 6.07) is 7.58. The number of rotatable bonds is 7. The highest BCUT2D eigenvalue weighted by Crippen LogP contribution is 2.28. The van der Waals surface area contributed by atoms with Gasteiger partial charge < -0.3 is 14.7 Å². The van der Waals surface area contributed by atoms with Gasteiger partial charge in [-0.1, -0.05) is 19.9 Å². The van der Waals surface area contributed by atoms with Crippen molar-refractivity contribution < 1.29 is 9.84 Å². The number of ether oxygens (including phenoxy) is 1. The molecule has 0 aliphatic heterocycles. The van der Waals surface area contributed by atoms with Crippen molar-refractivity contribution in [1.82, 2.24) is 0 Å². The average molecular weight is 276 g/mol. The topological polar surface area (TPSA) is 56.5 Å². The number of aliphatic hydroxyl groups excluding tert-OH is 1. The Kier molecular flexibility index (Phi) is 6.50. The summed E-state index contributed by atoms with van der Waals surface area (Å²) >= 11 is 0. The second-order valence-corrected chi connectivity index (χ2v) is 5.39. The first-order chi connectivity index (χ1) is 9.49. The molecule has 4 heteroatoms. The van der Waals surface area contributed by atoms with Crippen molar-refractivity contribution in [3.8, 4) is 6.07 Å². The molecule has 110 valence electrons. The fourth-order valence-corrected chi connectivity index (χ4v) is 2.19. The maximum atomic E-state index is 9.94. The lowest BCUT2D eigenvalue weighted by Crippen LogP contribution is -2.32. The molecule has 0 saturated carbocycles. The fourth-order valence-electron chi connectivity index (χ4n) is 2.19. The number of hydrogen-bond acceptors (Lipinski definition) is 4. The lowest BCUT2D eigenvalue weighted by Gasteiger charge is -2.29. The zero-order chi connectivity index (χ0) is 15.1. The highest BCUT2D eigenvalue weighted by Gasteiger charge is 2.16. The van der Waals surface area contributed by atoms with Crippen molar-refractivity contribution in [1.29, 1.82) is 5.26 Å². The minimum atomic E-state index is -0.560. The summed E-state index contributed by atoms with van der Waals surface area (Å²) in [6.07, 6.45) is -0.560. The highest BCUT2D eigenvalue weighted by atomic mass is 16.5. The van der Waals surface area contributed by atoms with E-state index in [9.17, 15) is 5.11 Å². The predicted molar refractivity (Wildman–Crippen MR) is 80.7 cm³/mol. The molecule has 1 aromatic carbocycles. The van der Waals surface area contributed by atoms with E-state index in [4.69, 9.17) is 10.00 Å². The monoisotopic (exact) mass is 276 g/mol. The van der Waals surface area contributed by atoms with Crippen LogP contribution in [-0.4, -0.2) is 31.9 Å². The van der Waals surface area contributed by atoms with Crippen molar-refractivity contribution in [3.63, 3.8) is 0 Å². The second-order valence-electron chi connectivity index (χ2n) is 5.39. The number of nitrogens with zero attached hydrogens (tertiary/aromatic N) is 2. The summed E-state index contributed by atoms with van der Waals surface area (Å²) in [5.41, 5.74) is 2.38. The van der Waals surface area contributed by atoms with Crippen molar-refractivity contribution in [2.45, 2.75) is 26.9 Å². The normalized spacial score (nSPS) is 12.2. The maximum Gasteiger partial charge on any atom is 0.0992 e. The van der Waals surface area contributed by atoms with Crippen LogP contribution in [0, 0.1) is 17.2 Å². The van der Waals surface area contributed by atoms with E-state index in [0.29, 0.717) is 18.1 Å². The number of methoxy groups -OCH3 is 1. The molecular weight excluding hydrogens is 252 g/mol. The van der Waals surface area contributed by atoms with E-state index in [1.807, 2.05) is 12.1 Å². The lowest BCUT2D eigenvalue weighted by atomic mass is 10.0. The molecule has 1 atom stereocenters. The number of anilines is 1. The molecule has 4 nitrogen and oxygen atoms in total. The Morgan fingerprint density at radius 1 is 1.35 bits per heavy atom. The van der Waals surface area contributed by atoms with Gasteiger partial charge in [-0.25, -0.2) is 0 Å². The van der Waals surface area contributed by atoms with Crippen LogP contribution in [-0.2, 0) is 4.74 Å². The fraction of sp³-hybridized carbons (Fsp3) is 0.562. The molecule has 0 radical (unpaired) electrons. The molecule has 0 saturated heterocycles. The second kappa shape index (κ2) is 7.88. The molecule has 0 amide bonds. The molecule has 0 aliphatic carbocycles. The van der Waals surface area contributed by atoms with Crippen LogP contribution in [0.25, 0.3) is 0 Å². The quantitative estimate of drug-likeness (QED) is 0.832. The molecule has 0 aliphatic rings. The first-order valence-corrected chi connectivity index (χ1v) is 6.95. The van der Waals surface area contributed by atoms with E-state index >= 15 is 0 Å². The highest BCUT2D eigenvalue weighted by molar-refractivity contribution is 5.58. The van der Waals surface area contributed by atoms with E-state index in [2.05, 4.69) is 24.8 Å². The molecule has 0 fully saturated rings. The van der Waals surface area contributed by atoms with E-state index in [1.54, 1.807) is 20.1 Å². The first-order valence-electron chi connectivity index (χ1n) is 6.95. The van der Waals surface area contributed by atoms with Gasteiger partial charge in [0, 0.05) is 31.5 Å². The standard InChI is InChI=1S/C16H24N2O2/c1-12(2)11-18(7-8-20-4)16-9-14(10-17)5-6-15(16)13(3)19/h5-6,9,12-13,19H,7-8,11H2,1-4H3. The average Bonchev–Trinajstić information content (AvgIpc) is 2.42. The van der Waals surface area contributed by atoms with Crippen LogP contribution in [0.15, 0.2) is 18.2 Å². The minimum Gasteiger partial charge on any atom is -0.389 e. The summed E-state index contributed by atoms with van der Waals surface area (Å²) in [7, 11) is 1.68. The van der Waals surface area contributed by atoms with Gasteiger partial charge in [-0.2, -0.15) is 5.26 Å².